The quantitative estimate of drug-likeness (QED) is 0.433. The molecular formula is C22H26BrN3O3S. The molecule has 0 saturated heterocycles. The van der Waals surface area contributed by atoms with E-state index in [-0.39, 0.29) is 16.9 Å². The molecule has 0 aromatic heterocycles. The molecule has 2 aromatic rings. The summed E-state index contributed by atoms with van der Waals surface area (Å²) < 4.78 is 6.52. The fourth-order valence-electron chi connectivity index (χ4n) is 2.52. The highest BCUT2D eigenvalue weighted by molar-refractivity contribution is 9.10. The molecule has 8 heteroatoms. The number of hydrogen-bond donors (Lipinski definition) is 3. The summed E-state index contributed by atoms with van der Waals surface area (Å²) in [7, 11) is 0. The Morgan fingerprint density at radius 3 is 2.47 bits per heavy atom. The van der Waals surface area contributed by atoms with E-state index in [0.29, 0.717) is 41.6 Å². The van der Waals surface area contributed by atoms with Crippen molar-refractivity contribution in [3.05, 3.63) is 52.5 Å². The molecule has 0 unspecified atom stereocenters. The largest absolute Gasteiger partial charge is 0.492 e. The summed E-state index contributed by atoms with van der Waals surface area (Å²) in [6.07, 6.45) is 1.23. The van der Waals surface area contributed by atoms with E-state index in [1.54, 1.807) is 36.4 Å². The molecule has 0 fully saturated rings. The first kappa shape index (κ1) is 23.8. The van der Waals surface area contributed by atoms with E-state index in [1.807, 2.05) is 26.8 Å². The van der Waals surface area contributed by atoms with Gasteiger partial charge < -0.3 is 15.4 Å². The minimum Gasteiger partial charge on any atom is -0.492 e. The van der Waals surface area contributed by atoms with Gasteiger partial charge in [-0.3, -0.25) is 14.9 Å². The Labute approximate surface area is 190 Å². The molecule has 0 saturated carbocycles. The van der Waals surface area contributed by atoms with Crippen molar-refractivity contribution in [3.63, 3.8) is 0 Å². The minimum absolute atomic E-state index is 0.0471. The number of amides is 2. The number of benzene rings is 2. The third kappa shape index (κ3) is 7.76. The van der Waals surface area contributed by atoms with Gasteiger partial charge in [0.05, 0.1) is 12.2 Å². The van der Waals surface area contributed by atoms with Gasteiger partial charge in [0.2, 0.25) is 5.91 Å². The molecule has 0 aliphatic rings. The Balaban J connectivity index is 2.04. The van der Waals surface area contributed by atoms with Gasteiger partial charge in [-0.05, 0) is 61.0 Å². The third-order valence-corrected chi connectivity index (χ3v) is 4.56. The van der Waals surface area contributed by atoms with E-state index in [9.17, 15) is 9.59 Å². The van der Waals surface area contributed by atoms with E-state index < -0.39 is 0 Å². The zero-order chi connectivity index (χ0) is 22.1. The topological polar surface area (TPSA) is 79.5 Å². The number of rotatable bonds is 8. The highest BCUT2D eigenvalue weighted by Crippen LogP contribution is 2.24. The number of hydrogen-bond acceptors (Lipinski definition) is 4. The van der Waals surface area contributed by atoms with Crippen LogP contribution < -0.4 is 20.7 Å². The van der Waals surface area contributed by atoms with E-state index in [4.69, 9.17) is 17.0 Å². The Morgan fingerprint density at radius 2 is 1.80 bits per heavy atom. The Morgan fingerprint density at radius 1 is 1.10 bits per heavy atom. The summed E-state index contributed by atoms with van der Waals surface area (Å²) in [4.78, 5) is 24.5. The first-order chi connectivity index (χ1) is 14.3. The van der Waals surface area contributed by atoms with Gasteiger partial charge in [0.15, 0.2) is 5.11 Å². The van der Waals surface area contributed by atoms with Crippen molar-refractivity contribution >= 4 is 56.4 Å². The predicted octanol–water partition coefficient (Wildman–Crippen LogP) is 5.35. The summed E-state index contributed by atoms with van der Waals surface area (Å²) in [5.74, 6) is 0.402. The van der Waals surface area contributed by atoms with Crippen molar-refractivity contribution in [2.45, 2.75) is 33.6 Å². The molecule has 0 heterocycles. The van der Waals surface area contributed by atoms with Crippen LogP contribution in [0.4, 0.5) is 11.4 Å². The standard InChI is InChI=1S/C22H26BrN3O3S/c1-4-6-20(27)24-16-7-5-8-17(12-16)25-22(30)26-21(28)18-11-15(23)9-10-19(18)29-13-14(2)3/h5,7-12,14H,4,6,13H2,1-3H3,(H,24,27)(H2,25,26,28,30). The van der Waals surface area contributed by atoms with Gasteiger partial charge in [-0.2, -0.15) is 0 Å². The maximum Gasteiger partial charge on any atom is 0.261 e. The van der Waals surface area contributed by atoms with Gasteiger partial charge in [-0.25, -0.2) is 0 Å². The van der Waals surface area contributed by atoms with Crippen molar-refractivity contribution < 1.29 is 14.3 Å². The van der Waals surface area contributed by atoms with Gasteiger partial charge in [0.1, 0.15) is 5.75 Å². The van der Waals surface area contributed by atoms with Crippen LogP contribution in [0, 0.1) is 5.92 Å². The first-order valence-corrected chi connectivity index (χ1v) is 10.9. The van der Waals surface area contributed by atoms with Crippen molar-refractivity contribution in [3.8, 4) is 5.75 Å². The van der Waals surface area contributed by atoms with Gasteiger partial charge in [-0.15, -0.1) is 0 Å². The van der Waals surface area contributed by atoms with Crippen molar-refractivity contribution in [2.75, 3.05) is 17.2 Å². The summed E-state index contributed by atoms with van der Waals surface area (Å²) in [6, 6.07) is 12.4. The van der Waals surface area contributed by atoms with Gasteiger partial charge in [0.25, 0.3) is 5.91 Å². The molecule has 0 bridgehead atoms. The molecule has 2 rings (SSSR count). The second-order valence-corrected chi connectivity index (χ2v) is 8.46. The second-order valence-electron chi connectivity index (χ2n) is 7.13. The molecule has 2 aromatic carbocycles. The number of carbonyl (C=O) groups is 2. The number of carbonyl (C=O) groups excluding carboxylic acids is 2. The molecular weight excluding hydrogens is 466 g/mol. The summed E-state index contributed by atoms with van der Waals surface area (Å²) >= 11 is 8.67. The van der Waals surface area contributed by atoms with Crippen LogP contribution in [0.15, 0.2) is 46.9 Å². The van der Waals surface area contributed by atoms with E-state index >= 15 is 0 Å². The average molecular weight is 492 g/mol. The van der Waals surface area contributed by atoms with Crippen LogP contribution in [0.25, 0.3) is 0 Å². The lowest BCUT2D eigenvalue weighted by molar-refractivity contribution is -0.116. The molecule has 3 N–H and O–H groups in total. The molecule has 6 nitrogen and oxygen atoms in total. The number of nitrogens with one attached hydrogen (secondary N) is 3. The number of anilines is 2. The molecule has 0 radical (unpaired) electrons. The lowest BCUT2D eigenvalue weighted by Gasteiger charge is -2.15. The molecule has 0 aliphatic carbocycles. The highest BCUT2D eigenvalue weighted by Gasteiger charge is 2.15. The summed E-state index contributed by atoms with van der Waals surface area (Å²) in [5, 5.41) is 8.62. The van der Waals surface area contributed by atoms with E-state index in [1.165, 1.54) is 0 Å². The zero-order valence-corrected chi connectivity index (χ0v) is 19.7. The highest BCUT2D eigenvalue weighted by atomic mass is 79.9. The lowest BCUT2D eigenvalue weighted by Crippen LogP contribution is -2.34. The van der Waals surface area contributed by atoms with Crippen LogP contribution in [-0.2, 0) is 4.79 Å². The second kappa shape index (κ2) is 11.7. The maximum absolute atomic E-state index is 12.8. The minimum atomic E-state index is -0.375. The Kier molecular flexibility index (Phi) is 9.26. The third-order valence-electron chi connectivity index (χ3n) is 3.87. The molecule has 160 valence electrons. The van der Waals surface area contributed by atoms with Crippen LogP contribution in [0.1, 0.15) is 44.0 Å². The van der Waals surface area contributed by atoms with Gasteiger partial charge >= 0.3 is 0 Å². The maximum atomic E-state index is 12.8. The first-order valence-electron chi connectivity index (χ1n) is 9.73. The van der Waals surface area contributed by atoms with E-state index in [2.05, 4.69) is 31.9 Å². The van der Waals surface area contributed by atoms with Crippen LogP contribution in [0.5, 0.6) is 5.75 Å². The number of halogens is 1. The predicted molar refractivity (Wildman–Crippen MR) is 128 cm³/mol. The molecule has 30 heavy (non-hydrogen) atoms. The fraction of sp³-hybridized carbons (Fsp3) is 0.318. The Hall–Kier alpha value is -2.45. The van der Waals surface area contributed by atoms with Crippen LogP contribution in [-0.4, -0.2) is 23.5 Å². The van der Waals surface area contributed by atoms with Crippen LogP contribution >= 0.6 is 28.1 Å². The normalized spacial score (nSPS) is 10.4. The lowest BCUT2D eigenvalue weighted by atomic mass is 10.2. The van der Waals surface area contributed by atoms with Crippen molar-refractivity contribution in [2.24, 2.45) is 5.92 Å². The van der Waals surface area contributed by atoms with Crippen molar-refractivity contribution in [1.29, 1.82) is 0 Å². The monoisotopic (exact) mass is 491 g/mol. The molecule has 0 aliphatic heterocycles. The van der Waals surface area contributed by atoms with Crippen molar-refractivity contribution in [1.82, 2.24) is 5.32 Å². The fourth-order valence-corrected chi connectivity index (χ4v) is 3.09. The smallest absolute Gasteiger partial charge is 0.261 e. The zero-order valence-electron chi connectivity index (χ0n) is 17.3. The molecule has 2 amide bonds. The number of thiocarbonyl (C=S) groups is 1. The van der Waals surface area contributed by atoms with Crippen LogP contribution in [0.2, 0.25) is 0 Å². The molecule has 0 atom stereocenters. The van der Waals surface area contributed by atoms with E-state index in [0.717, 1.165) is 10.9 Å². The Bertz CT molecular complexity index is 918. The van der Waals surface area contributed by atoms with Crippen LogP contribution in [0.3, 0.4) is 0 Å². The molecule has 0 spiro atoms. The van der Waals surface area contributed by atoms with Gasteiger partial charge in [0, 0.05) is 22.3 Å². The van der Waals surface area contributed by atoms with Gasteiger partial charge in [-0.1, -0.05) is 42.8 Å². The SMILES string of the molecule is CCCC(=O)Nc1cccc(NC(=S)NC(=O)c2cc(Br)ccc2OCC(C)C)c1. The average Bonchev–Trinajstić information content (AvgIpc) is 2.67. The summed E-state index contributed by atoms with van der Waals surface area (Å²) in [5.41, 5.74) is 1.69. The summed E-state index contributed by atoms with van der Waals surface area (Å²) in [6.45, 7) is 6.53. The number of ether oxygens (including phenoxy) is 1.